The van der Waals surface area contributed by atoms with Gasteiger partial charge in [-0.3, -0.25) is 9.59 Å². The highest BCUT2D eigenvalue weighted by molar-refractivity contribution is 6.35. The van der Waals surface area contributed by atoms with Gasteiger partial charge in [-0.15, -0.1) is 20.0 Å². The van der Waals surface area contributed by atoms with E-state index in [1.807, 2.05) is 10.9 Å². The molecular formula is C14H12N6O4. The molecule has 24 heavy (non-hydrogen) atoms. The highest BCUT2D eigenvalue weighted by atomic mass is 16.3. The zero-order chi connectivity index (χ0) is 17.4. The lowest BCUT2D eigenvalue weighted by Gasteiger charge is -2.18. The Morgan fingerprint density at radius 3 is 1.29 bits per heavy atom. The number of hydrazine groups is 2. The smallest absolute Gasteiger partial charge is 0.262 e. The van der Waals surface area contributed by atoms with E-state index in [2.05, 4.69) is 10.6 Å². The number of nitrogens with zero attached hydrogens (tertiary/aromatic N) is 4. The number of hydrogen-bond donors (Lipinski definition) is 2. The van der Waals surface area contributed by atoms with Gasteiger partial charge in [-0.2, -0.15) is 0 Å². The fraction of sp³-hybridized carbons (Fsp3) is 0. The highest BCUT2D eigenvalue weighted by Crippen LogP contribution is 2.12. The second-order valence-corrected chi connectivity index (χ2v) is 4.34. The molecule has 0 aliphatic heterocycles. The summed E-state index contributed by atoms with van der Waals surface area (Å²) in [4.78, 5) is 45.3. The van der Waals surface area contributed by atoms with Gasteiger partial charge in [-0.05, 0) is 24.3 Å². The van der Waals surface area contributed by atoms with Crippen LogP contribution >= 0.6 is 0 Å². The van der Waals surface area contributed by atoms with Crippen LogP contribution in [0.15, 0.2) is 71.2 Å². The summed E-state index contributed by atoms with van der Waals surface area (Å²) >= 11 is 0. The molecule has 0 aromatic heterocycles. The van der Waals surface area contributed by atoms with Crippen molar-refractivity contribution in [2.45, 2.75) is 0 Å². The molecule has 0 aliphatic rings. The minimum Gasteiger partial charge on any atom is -0.262 e. The lowest BCUT2D eigenvalue weighted by Crippen LogP contribution is -2.50. The quantitative estimate of drug-likeness (QED) is 0.469. The molecule has 0 bridgehead atoms. The van der Waals surface area contributed by atoms with Crippen molar-refractivity contribution in [1.29, 1.82) is 0 Å². The molecule has 0 saturated heterocycles. The molecule has 2 rings (SSSR count). The van der Waals surface area contributed by atoms with Crippen LogP contribution in [0.2, 0.25) is 0 Å². The Bertz CT molecular complexity index is 661. The van der Waals surface area contributed by atoms with Crippen molar-refractivity contribution in [1.82, 2.24) is 10.9 Å². The van der Waals surface area contributed by atoms with E-state index in [9.17, 15) is 19.4 Å². The molecule has 0 aliphatic carbocycles. The van der Waals surface area contributed by atoms with Crippen LogP contribution in [0.5, 0.6) is 0 Å². The van der Waals surface area contributed by atoms with Crippen molar-refractivity contribution in [2.75, 3.05) is 10.2 Å². The third-order valence-electron chi connectivity index (χ3n) is 2.79. The minimum atomic E-state index is -1.21. The number of amides is 2. The van der Waals surface area contributed by atoms with Crippen LogP contribution in [0.25, 0.3) is 0 Å². The van der Waals surface area contributed by atoms with Crippen molar-refractivity contribution in [3.05, 3.63) is 70.5 Å². The van der Waals surface area contributed by atoms with Gasteiger partial charge >= 0.3 is 11.8 Å². The molecule has 2 N–H and O–H groups in total. The Morgan fingerprint density at radius 1 is 0.667 bits per heavy atom. The molecule has 0 fully saturated rings. The first kappa shape index (κ1) is 16.5. The summed E-state index contributed by atoms with van der Waals surface area (Å²) in [6, 6.07) is 15.9. The predicted molar refractivity (Wildman–Crippen MR) is 85.7 cm³/mol. The average Bonchev–Trinajstić information content (AvgIpc) is 2.65. The van der Waals surface area contributed by atoms with Crippen LogP contribution in [-0.2, 0) is 9.59 Å². The molecule has 0 radical (unpaired) electrons. The van der Waals surface area contributed by atoms with Gasteiger partial charge in [0.15, 0.2) is 0 Å². The van der Waals surface area contributed by atoms with Crippen LogP contribution in [-0.4, -0.2) is 11.8 Å². The Balaban J connectivity index is 2.02. The Kier molecular flexibility index (Phi) is 5.50. The lowest BCUT2D eigenvalue weighted by atomic mass is 10.3. The second-order valence-electron chi connectivity index (χ2n) is 4.34. The monoisotopic (exact) mass is 328 g/mol. The molecule has 0 unspecified atom stereocenters. The van der Waals surface area contributed by atoms with Gasteiger partial charge in [-0.1, -0.05) is 36.4 Å². The van der Waals surface area contributed by atoms with E-state index >= 15 is 0 Å². The van der Waals surface area contributed by atoms with Crippen molar-refractivity contribution in [3.8, 4) is 0 Å². The lowest BCUT2D eigenvalue weighted by molar-refractivity contribution is -0.139. The number of hydrogen-bond acceptors (Lipinski definition) is 6. The van der Waals surface area contributed by atoms with Crippen LogP contribution in [0.3, 0.4) is 0 Å². The van der Waals surface area contributed by atoms with Crippen molar-refractivity contribution in [2.24, 2.45) is 10.6 Å². The number of para-hydroxylation sites is 2. The molecular weight excluding hydrogens is 316 g/mol. The molecule has 10 heteroatoms. The third-order valence-corrected chi connectivity index (χ3v) is 2.79. The molecule has 2 amide bonds. The zero-order valence-corrected chi connectivity index (χ0v) is 12.2. The summed E-state index contributed by atoms with van der Waals surface area (Å²) in [5.41, 5.74) is 4.50. The van der Waals surface area contributed by atoms with E-state index in [1.54, 1.807) is 36.4 Å². The van der Waals surface area contributed by atoms with E-state index in [-0.39, 0.29) is 11.4 Å². The number of benzene rings is 2. The Hall–Kier alpha value is -3.82. The maximum Gasteiger partial charge on any atom is 0.331 e. The predicted octanol–water partition coefficient (Wildman–Crippen LogP) is 1.42. The van der Waals surface area contributed by atoms with Crippen LogP contribution < -0.4 is 21.1 Å². The van der Waals surface area contributed by atoms with Crippen LogP contribution in [0.4, 0.5) is 11.4 Å². The summed E-state index contributed by atoms with van der Waals surface area (Å²) < 4.78 is 0. The fourth-order valence-corrected chi connectivity index (χ4v) is 1.70. The number of nitroso groups, excluding NO2 is 2. The van der Waals surface area contributed by atoms with Crippen LogP contribution in [0.1, 0.15) is 0 Å². The maximum absolute atomic E-state index is 11.8. The normalized spacial score (nSPS) is 9.50. The van der Waals surface area contributed by atoms with Gasteiger partial charge in [0, 0.05) is 0 Å². The molecule has 0 saturated carbocycles. The summed E-state index contributed by atoms with van der Waals surface area (Å²) in [5.74, 6) is -2.41. The van der Waals surface area contributed by atoms with Crippen molar-refractivity contribution < 1.29 is 9.59 Å². The first-order valence-electron chi connectivity index (χ1n) is 6.64. The number of nitrogens with one attached hydrogen (secondary N) is 2. The van der Waals surface area contributed by atoms with E-state index in [4.69, 9.17) is 0 Å². The van der Waals surface area contributed by atoms with Crippen LogP contribution in [0, 0.1) is 9.81 Å². The number of rotatable bonds is 6. The molecule has 2 aromatic rings. The summed E-state index contributed by atoms with van der Waals surface area (Å²) in [6.07, 6.45) is 0. The highest BCUT2D eigenvalue weighted by Gasteiger charge is 2.21. The Morgan fingerprint density at radius 2 is 1.00 bits per heavy atom. The van der Waals surface area contributed by atoms with Crippen molar-refractivity contribution >= 4 is 23.2 Å². The van der Waals surface area contributed by atoms with E-state index in [0.717, 1.165) is 0 Å². The van der Waals surface area contributed by atoms with Crippen molar-refractivity contribution in [3.63, 3.8) is 0 Å². The summed E-state index contributed by atoms with van der Waals surface area (Å²) in [7, 11) is 0. The number of carbonyl (C=O) groups is 2. The molecule has 10 nitrogen and oxygen atoms in total. The van der Waals surface area contributed by atoms with E-state index < -0.39 is 11.8 Å². The maximum atomic E-state index is 11.8. The van der Waals surface area contributed by atoms with Gasteiger partial charge in [0.05, 0.1) is 21.9 Å². The molecule has 0 spiro atoms. The van der Waals surface area contributed by atoms with E-state index in [1.165, 1.54) is 24.3 Å². The number of anilines is 2. The topological polar surface area (TPSA) is 124 Å². The first-order chi connectivity index (χ1) is 11.7. The average molecular weight is 328 g/mol. The van der Waals surface area contributed by atoms with E-state index in [0.29, 0.717) is 10.2 Å². The third kappa shape index (κ3) is 4.10. The van der Waals surface area contributed by atoms with Gasteiger partial charge in [0.2, 0.25) is 0 Å². The molecule has 122 valence electrons. The van der Waals surface area contributed by atoms with Gasteiger partial charge in [0.25, 0.3) is 0 Å². The summed E-state index contributed by atoms with van der Waals surface area (Å²) in [5, 5.41) is 6.39. The first-order valence-corrected chi connectivity index (χ1v) is 6.64. The summed E-state index contributed by atoms with van der Waals surface area (Å²) in [6.45, 7) is 0. The second kappa shape index (κ2) is 7.98. The van der Waals surface area contributed by atoms with Gasteiger partial charge < -0.3 is 0 Å². The van der Waals surface area contributed by atoms with Gasteiger partial charge in [-0.25, -0.2) is 10.9 Å². The molecule has 0 heterocycles. The minimum absolute atomic E-state index is 0.252. The molecule has 0 atom stereocenters. The zero-order valence-electron chi connectivity index (χ0n) is 12.2. The number of carbonyl (C=O) groups excluding carboxylic acids is 2. The SMILES string of the molecule is O=NN(NC(=O)C(=O)NN(N=O)c1ccccc1)c1ccccc1. The molecule has 2 aromatic carbocycles. The largest absolute Gasteiger partial charge is 0.331 e. The Labute approximate surface area is 135 Å². The fourth-order valence-electron chi connectivity index (χ4n) is 1.70. The standard InChI is InChI=1S/C14H12N6O4/c21-13(15-19(17-23)11-7-3-1-4-8-11)14(22)16-20(18-24)12-9-5-2-6-10-12/h1-10H,(H,15,21)(H,16,22). The van der Waals surface area contributed by atoms with Gasteiger partial charge in [0.1, 0.15) is 0 Å².